The number of para-hydroxylation sites is 1. The van der Waals surface area contributed by atoms with E-state index >= 15 is 0 Å². The predicted octanol–water partition coefficient (Wildman–Crippen LogP) is 3.21. The van der Waals surface area contributed by atoms with E-state index in [4.69, 9.17) is 16.3 Å². The number of carbonyl (C=O) groups excluding carboxylic acids is 2. The summed E-state index contributed by atoms with van der Waals surface area (Å²) in [5, 5.41) is 2.19. The third-order valence-corrected chi connectivity index (χ3v) is 7.77. The molecule has 0 saturated carbocycles. The fraction of sp³-hybridized carbons (Fsp3) is 0.143. The van der Waals surface area contributed by atoms with E-state index in [9.17, 15) is 18.0 Å². The molecular formula is C21H18ClN3O5S2. The highest BCUT2D eigenvalue weighted by Gasteiger charge is 2.27. The van der Waals surface area contributed by atoms with Crippen LogP contribution in [-0.2, 0) is 21.2 Å². The molecule has 2 amide bonds. The Morgan fingerprint density at radius 3 is 2.66 bits per heavy atom. The molecule has 32 heavy (non-hydrogen) atoms. The molecule has 8 nitrogen and oxygen atoms in total. The van der Waals surface area contributed by atoms with Gasteiger partial charge in [0, 0.05) is 5.02 Å². The summed E-state index contributed by atoms with van der Waals surface area (Å²) in [6.45, 7) is 0.160. The maximum absolute atomic E-state index is 12.7. The number of fused-ring (bicyclic) bond motifs is 1. The van der Waals surface area contributed by atoms with Crippen molar-refractivity contribution in [2.75, 3.05) is 11.3 Å². The number of carbonyl (C=O) groups is 2. The molecule has 0 saturated heterocycles. The standard InChI is InChI=1S/C21H18ClN3O5S2/c22-15-7-8-18-13(11-15)10-14(12-30-18)20(26)23-24-21(27)16-4-1-2-5-17(16)25-32(28,29)19-6-3-9-31-19/h1-9,11,14,25H,10,12H2,(H,23,26)(H,24,27). The summed E-state index contributed by atoms with van der Waals surface area (Å²) in [5.74, 6) is -0.938. The van der Waals surface area contributed by atoms with Crippen LogP contribution in [0, 0.1) is 5.92 Å². The van der Waals surface area contributed by atoms with Gasteiger partial charge < -0.3 is 4.74 Å². The van der Waals surface area contributed by atoms with Gasteiger partial charge in [-0.3, -0.25) is 25.2 Å². The fourth-order valence-corrected chi connectivity index (χ4v) is 5.47. The first-order valence-electron chi connectivity index (χ1n) is 9.50. The van der Waals surface area contributed by atoms with Gasteiger partial charge in [0.05, 0.1) is 17.2 Å². The lowest BCUT2D eigenvalue weighted by atomic mass is 9.96. The smallest absolute Gasteiger partial charge is 0.271 e. The Bertz CT molecular complexity index is 1260. The molecule has 2 heterocycles. The van der Waals surface area contributed by atoms with Crippen LogP contribution in [-0.4, -0.2) is 26.8 Å². The first-order chi connectivity index (χ1) is 15.3. The Labute approximate surface area is 193 Å². The molecule has 0 bridgehead atoms. The zero-order chi connectivity index (χ0) is 22.7. The van der Waals surface area contributed by atoms with Gasteiger partial charge in [-0.05, 0) is 53.8 Å². The van der Waals surface area contributed by atoms with E-state index in [0.29, 0.717) is 17.2 Å². The Hall–Kier alpha value is -3.08. The number of sulfonamides is 1. The zero-order valence-electron chi connectivity index (χ0n) is 16.5. The molecule has 3 aromatic rings. The van der Waals surface area contributed by atoms with Gasteiger partial charge in [-0.2, -0.15) is 0 Å². The second-order valence-corrected chi connectivity index (χ2v) is 10.3. The number of ether oxygens (including phenoxy) is 1. The van der Waals surface area contributed by atoms with Crippen LogP contribution in [0.1, 0.15) is 15.9 Å². The molecule has 2 aromatic carbocycles. The largest absolute Gasteiger partial charge is 0.492 e. The van der Waals surface area contributed by atoms with Gasteiger partial charge in [0.2, 0.25) is 5.91 Å². The van der Waals surface area contributed by atoms with Crippen LogP contribution >= 0.6 is 22.9 Å². The Kier molecular flexibility index (Phi) is 6.35. The normalized spacial score (nSPS) is 15.2. The minimum absolute atomic E-state index is 0.0601. The molecule has 11 heteroatoms. The summed E-state index contributed by atoms with van der Waals surface area (Å²) < 4.78 is 33.2. The second-order valence-electron chi connectivity index (χ2n) is 6.99. The molecular weight excluding hydrogens is 474 g/mol. The average Bonchev–Trinajstić information content (AvgIpc) is 3.33. The van der Waals surface area contributed by atoms with Crippen molar-refractivity contribution < 1.29 is 22.7 Å². The first-order valence-corrected chi connectivity index (χ1v) is 12.2. The van der Waals surface area contributed by atoms with Crippen LogP contribution in [0.15, 0.2) is 64.2 Å². The van der Waals surface area contributed by atoms with Crippen LogP contribution in [0.3, 0.4) is 0 Å². The number of hydrogen-bond acceptors (Lipinski definition) is 6. The molecule has 1 unspecified atom stereocenters. The lowest BCUT2D eigenvalue weighted by Gasteiger charge is -2.24. The molecule has 0 fully saturated rings. The number of anilines is 1. The van der Waals surface area contributed by atoms with Crippen LogP contribution in [0.5, 0.6) is 5.75 Å². The highest BCUT2D eigenvalue weighted by atomic mass is 35.5. The lowest BCUT2D eigenvalue weighted by molar-refractivity contribution is -0.127. The zero-order valence-corrected chi connectivity index (χ0v) is 18.9. The molecule has 0 aliphatic carbocycles. The minimum atomic E-state index is -3.83. The van der Waals surface area contributed by atoms with Gasteiger partial charge in [0.1, 0.15) is 16.6 Å². The second kappa shape index (κ2) is 9.19. The van der Waals surface area contributed by atoms with Crippen LogP contribution < -0.4 is 20.3 Å². The van der Waals surface area contributed by atoms with Crippen molar-refractivity contribution >= 4 is 50.5 Å². The van der Waals surface area contributed by atoms with E-state index in [0.717, 1.165) is 16.9 Å². The predicted molar refractivity (Wildman–Crippen MR) is 121 cm³/mol. The van der Waals surface area contributed by atoms with E-state index < -0.39 is 27.8 Å². The minimum Gasteiger partial charge on any atom is -0.492 e. The molecule has 1 aliphatic heterocycles. The molecule has 1 aromatic heterocycles. The maximum Gasteiger partial charge on any atom is 0.271 e. The Balaban J connectivity index is 1.41. The third-order valence-electron chi connectivity index (χ3n) is 4.77. The molecule has 1 atom stereocenters. The third kappa shape index (κ3) is 4.87. The number of amides is 2. The summed E-state index contributed by atoms with van der Waals surface area (Å²) in [6.07, 6.45) is 0.412. The number of benzene rings is 2. The molecule has 166 valence electrons. The van der Waals surface area contributed by atoms with Gasteiger partial charge in [-0.1, -0.05) is 29.8 Å². The van der Waals surface area contributed by atoms with Crippen molar-refractivity contribution in [3.63, 3.8) is 0 Å². The monoisotopic (exact) mass is 491 g/mol. The summed E-state index contributed by atoms with van der Waals surface area (Å²) in [5.41, 5.74) is 5.69. The first kappa shape index (κ1) is 22.1. The molecule has 0 spiro atoms. The van der Waals surface area contributed by atoms with Gasteiger partial charge >= 0.3 is 0 Å². The number of halogens is 1. The Morgan fingerprint density at radius 1 is 1.06 bits per heavy atom. The van der Waals surface area contributed by atoms with E-state index in [-0.39, 0.29) is 22.1 Å². The highest BCUT2D eigenvalue weighted by Crippen LogP contribution is 2.30. The average molecular weight is 492 g/mol. The number of hydrogen-bond donors (Lipinski definition) is 3. The van der Waals surface area contributed by atoms with E-state index in [1.54, 1.807) is 41.8 Å². The van der Waals surface area contributed by atoms with E-state index in [2.05, 4.69) is 15.6 Å². The number of thiophene rings is 1. The summed E-state index contributed by atoms with van der Waals surface area (Å²) in [6, 6.07) is 14.4. The molecule has 0 radical (unpaired) electrons. The summed E-state index contributed by atoms with van der Waals surface area (Å²) in [7, 11) is -3.83. The van der Waals surface area contributed by atoms with Crippen LogP contribution in [0.2, 0.25) is 5.02 Å². The van der Waals surface area contributed by atoms with Crippen molar-refractivity contribution in [2.24, 2.45) is 5.92 Å². The highest BCUT2D eigenvalue weighted by molar-refractivity contribution is 7.94. The van der Waals surface area contributed by atoms with Crippen molar-refractivity contribution in [1.29, 1.82) is 0 Å². The molecule has 1 aliphatic rings. The summed E-state index contributed by atoms with van der Waals surface area (Å²) in [4.78, 5) is 25.2. The fourth-order valence-electron chi connectivity index (χ4n) is 3.20. The summed E-state index contributed by atoms with van der Waals surface area (Å²) >= 11 is 7.07. The van der Waals surface area contributed by atoms with Gasteiger partial charge in [-0.25, -0.2) is 8.42 Å². The Morgan fingerprint density at radius 2 is 1.88 bits per heavy atom. The molecule has 3 N–H and O–H groups in total. The van der Waals surface area contributed by atoms with Crippen LogP contribution in [0.25, 0.3) is 0 Å². The number of nitrogens with one attached hydrogen (secondary N) is 3. The van der Waals surface area contributed by atoms with E-state index in [1.807, 2.05) is 0 Å². The van der Waals surface area contributed by atoms with Crippen molar-refractivity contribution in [1.82, 2.24) is 10.9 Å². The molecule has 4 rings (SSSR count). The quantitative estimate of drug-likeness (QED) is 0.474. The lowest BCUT2D eigenvalue weighted by Crippen LogP contribution is -2.47. The van der Waals surface area contributed by atoms with Gasteiger partial charge in [0.15, 0.2) is 0 Å². The van der Waals surface area contributed by atoms with Gasteiger partial charge in [-0.15, -0.1) is 11.3 Å². The maximum atomic E-state index is 12.7. The van der Waals surface area contributed by atoms with E-state index in [1.165, 1.54) is 18.2 Å². The van der Waals surface area contributed by atoms with Crippen molar-refractivity contribution in [3.8, 4) is 5.75 Å². The van der Waals surface area contributed by atoms with Crippen molar-refractivity contribution in [2.45, 2.75) is 10.6 Å². The van der Waals surface area contributed by atoms with Crippen LogP contribution in [0.4, 0.5) is 5.69 Å². The SMILES string of the molecule is O=C(NNC(=O)C1COc2ccc(Cl)cc2C1)c1ccccc1NS(=O)(=O)c1cccs1. The van der Waals surface area contributed by atoms with Crippen molar-refractivity contribution in [3.05, 3.63) is 76.1 Å². The number of rotatable bonds is 5. The number of hydrazine groups is 1. The topological polar surface area (TPSA) is 114 Å². The van der Waals surface area contributed by atoms with Gasteiger partial charge in [0.25, 0.3) is 15.9 Å².